The maximum atomic E-state index is 12.4. The number of rotatable bonds is 12. The van der Waals surface area contributed by atoms with Gasteiger partial charge in [-0.05, 0) is 72.8 Å². The molecule has 0 spiro atoms. The average molecular weight is 449 g/mol. The molecule has 2 aromatic rings. The van der Waals surface area contributed by atoms with Crippen molar-refractivity contribution in [1.82, 2.24) is 0 Å². The van der Waals surface area contributed by atoms with Gasteiger partial charge in [0.05, 0.1) is 13.2 Å². The van der Waals surface area contributed by atoms with E-state index in [4.69, 9.17) is 9.47 Å². The normalized spacial score (nSPS) is 16.7. The van der Waals surface area contributed by atoms with E-state index in [1.54, 1.807) is 0 Å². The number of allylic oxidation sites excluding steroid dienone is 1. The zero-order valence-corrected chi connectivity index (χ0v) is 20.6. The van der Waals surface area contributed by atoms with Crippen molar-refractivity contribution >= 4 is 5.97 Å². The summed E-state index contributed by atoms with van der Waals surface area (Å²) in [7, 11) is 0. The molecule has 0 N–H and O–H groups in total. The Kier molecular flexibility index (Phi) is 10.1. The molecule has 0 saturated heterocycles. The molecule has 1 aliphatic rings. The first-order chi connectivity index (χ1) is 16.1. The summed E-state index contributed by atoms with van der Waals surface area (Å²) < 4.78 is 11.3. The summed E-state index contributed by atoms with van der Waals surface area (Å²) in [6.07, 6.45) is 10.5. The topological polar surface area (TPSA) is 35.5 Å². The van der Waals surface area contributed by atoms with Crippen LogP contribution in [0, 0.1) is 5.92 Å². The van der Waals surface area contributed by atoms with Crippen molar-refractivity contribution in [3.63, 3.8) is 0 Å². The minimum absolute atomic E-state index is 0.121. The fraction of sp³-hybridized carbons (Fsp3) is 0.500. The van der Waals surface area contributed by atoms with Crippen LogP contribution in [0.1, 0.15) is 83.6 Å². The van der Waals surface area contributed by atoms with Crippen molar-refractivity contribution in [2.75, 3.05) is 13.2 Å². The van der Waals surface area contributed by atoms with E-state index in [2.05, 4.69) is 75.4 Å². The summed E-state index contributed by atoms with van der Waals surface area (Å²) in [4.78, 5) is 12.4. The van der Waals surface area contributed by atoms with Crippen molar-refractivity contribution in [1.29, 1.82) is 0 Å². The number of hydrogen-bond donors (Lipinski definition) is 0. The van der Waals surface area contributed by atoms with Gasteiger partial charge < -0.3 is 9.47 Å². The Morgan fingerprint density at radius 2 is 1.67 bits per heavy atom. The Bertz CT molecular complexity index is 880. The third-order valence-corrected chi connectivity index (χ3v) is 6.54. The van der Waals surface area contributed by atoms with Crippen molar-refractivity contribution < 1.29 is 14.3 Å². The van der Waals surface area contributed by atoms with Gasteiger partial charge in [-0.15, -0.1) is 0 Å². The highest BCUT2D eigenvalue weighted by molar-refractivity contribution is 5.88. The van der Waals surface area contributed by atoms with Gasteiger partial charge in [-0.2, -0.15) is 0 Å². The predicted octanol–water partition coefficient (Wildman–Crippen LogP) is 8.10. The van der Waals surface area contributed by atoms with E-state index in [0.717, 1.165) is 56.5 Å². The van der Waals surface area contributed by atoms with Gasteiger partial charge in [0.2, 0.25) is 0 Å². The van der Waals surface area contributed by atoms with Crippen LogP contribution >= 0.6 is 0 Å². The summed E-state index contributed by atoms with van der Waals surface area (Å²) in [6.45, 7) is 7.82. The van der Waals surface area contributed by atoms with Gasteiger partial charge in [0.25, 0.3) is 0 Å². The first-order valence-electron chi connectivity index (χ1n) is 12.8. The second kappa shape index (κ2) is 13.2. The van der Waals surface area contributed by atoms with Crippen LogP contribution < -0.4 is 4.74 Å². The molecule has 1 aliphatic carbocycles. The highest BCUT2D eigenvalue weighted by Crippen LogP contribution is 2.34. The van der Waals surface area contributed by atoms with E-state index >= 15 is 0 Å². The zero-order valence-electron chi connectivity index (χ0n) is 20.6. The molecule has 3 heteroatoms. The van der Waals surface area contributed by atoms with Gasteiger partial charge in [-0.25, -0.2) is 4.79 Å². The van der Waals surface area contributed by atoms with Gasteiger partial charge in [0, 0.05) is 5.57 Å². The van der Waals surface area contributed by atoms with E-state index in [-0.39, 0.29) is 5.97 Å². The quantitative estimate of drug-likeness (QED) is 0.243. The predicted molar refractivity (Wildman–Crippen MR) is 137 cm³/mol. The van der Waals surface area contributed by atoms with Gasteiger partial charge in [-0.1, -0.05) is 82.5 Å². The molecule has 0 bridgehead atoms. The van der Waals surface area contributed by atoms with Gasteiger partial charge in [-0.3, -0.25) is 0 Å². The molecule has 0 radical (unpaired) electrons. The number of hydrogen-bond acceptors (Lipinski definition) is 3. The van der Waals surface area contributed by atoms with Crippen LogP contribution in [0.3, 0.4) is 0 Å². The van der Waals surface area contributed by atoms with E-state index < -0.39 is 0 Å². The lowest BCUT2D eigenvalue weighted by Crippen LogP contribution is -2.16. The van der Waals surface area contributed by atoms with Crippen molar-refractivity contribution in [3.05, 3.63) is 65.7 Å². The lowest BCUT2D eigenvalue weighted by Gasteiger charge is -2.22. The van der Waals surface area contributed by atoms with Crippen LogP contribution in [0.2, 0.25) is 0 Å². The van der Waals surface area contributed by atoms with E-state index in [0.29, 0.717) is 18.4 Å². The van der Waals surface area contributed by atoms with Gasteiger partial charge in [0.1, 0.15) is 5.75 Å². The molecule has 3 nitrogen and oxygen atoms in total. The lowest BCUT2D eigenvalue weighted by atomic mass is 9.84. The van der Waals surface area contributed by atoms with Crippen molar-refractivity contribution in [3.8, 4) is 16.9 Å². The second-order valence-corrected chi connectivity index (χ2v) is 9.39. The maximum absolute atomic E-state index is 12.4. The number of carbonyl (C=O) groups is 1. The molecule has 2 aromatic carbocycles. The molecule has 0 aliphatic heterocycles. The second-order valence-electron chi connectivity index (χ2n) is 9.39. The molecule has 178 valence electrons. The summed E-state index contributed by atoms with van der Waals surface area (Å²) in [6, 6.07) is 17.3. The molecular weight excluding hydrogens is 408 g/mol. The van der Waals surface area contributed by atoms with E-state index in [9.17, 15) is 4.79 Å². The van der Waals surface area contributed by atoms with Crippen LogP contribution in [0.4, 0.5) is 0 Å². The van der Waals surface area contributed by atoms with Crippen LogP contribution in [0.25, 0.3) is 11.1 Å². The summed E-state index contributed by atoms with van der Waals surface area (Å²) in [5.74, 6) is 1.72. The minimum Gasteiger partial charge on any atom is -0.494 e. The number of unbranched alkanes of at least 4 members (excludes halogenated alkanes) is 2. The Balaban J connectivity index is 1.51. The fourth-order valence-electron chi connectivity index (χ4n) is 4.44. The first-order valence-corrected chi connectivity index (χ1v) is 12.8. The third-order valence-electron chi connectivity index (χ3n) is 6.54. The summed E-state index contributed by atoms with van der Waals surface area (Å²) in [5, 5.41) is 0. The van der Waals surface area contributed by atoms with Crippen molar-refractivity contribution in [2.24, 2.45) is 5.92 Å². The molecule has 2 atom stereocenters. The minimum atomic E-state index is -0.121. The number of esters is 1. The monoisotopic (exact) mass is 448 g/mol. The molecule has 0 fully saturated rings. The molecule has 2 unspecified atom stereocenters. The molecule has 33 heavy (non-hydrogen) atoms. The van der Waals surface area contributed by atoms with E-state index in [1.807, 2.05) is 0 Å². The summed E-state index contributed by atoms with van der Waals surface area (Å²) in [5.41, 5.74) is 4.61. The lowest BCUT2D eigenvalue weighted by molar-refractivity contribution is -0.140. The number of ether oxygens (including phenoxy) is 2. The van der Waals surface area contributed by atoms with E-state index in [1.165, 1.54) is 29.5 Å². The number of benzene rings is 2. The molecule has 0 saturated carbocycles. The van der Waals surface area contributed by atoms with Gasteiger partial charge >= 0.3 is 5.97 Å². The number of carbonyl (C=O) groups excluding carboxylic acids is 1. The average Bonchev–Trinajstić information content (AvgIpc) is 2.86. The van der Waals surface area contributed by atoms with Crippen LogP contribution in [0.15, 0.2) is 60.2 Å². The highest BCUT2D eigenvalue weighted by Gasteiger charge is 2.21. The van der Waals surface area contributed by atoms with Crippen LogP contribution in [0.5, 0.6) is 5.75 Å². The van der Waals surface area contributed by atoms with Crippen LogP contribution in [-0.2, 0) is 9.53 Å². The molecule has 3 rings (SSSR count). The van der Waals surface area contributed by atoms with Gasteiger partial charge in [0.15, 0.2) is 0 Å². The SMILES string of the molecule is CCCCCOc1ccc(-c2ccc(C3CC=C(C(=O)OCC(C)CCC)CC3)cc2)cc1. The maximum Gasteiger partial charge on any atom is 0.333 e. The Morgan fingerprint density at radius 3 is 2.27 bits per heavy atom. The van der Waals surface area contributed by atoms with Crippen LogP contribution in [-0.4, -0.2) is 19.2 Å². The Labute approximate surface area is 200 Å². The molecule has 0 aromatic heterocycles. The molecular formula is C30H40O3. The smallest absolute Gasteiger partial charge is 0.333 e. The Morgan fingerprint density at radius 1 is 0.970 bits per heavy atom. The molecule has 0 heterocycles. The highest BCUT2D eigenvalue weighted by atomic mass is 16.5. The van der Waals surface area contributed by atoms with Crippen molar-refractivity contribution in [2.45, 2.75) is 78.1 Å². The zero-order chi connectivity index (χ0) is 23.5. The standard InChI is InChI=1S/C30H40O3/c1-4-6-7-21-32-29-19-17-27(18-20-29)25-11-9-24(10-12-25)26-13-15-28(16-14-26)30(31)33-22-23(3)8-5-2/h9-12,15,17-20,23,26H,4-8,13-14,16,21-22H2,1-3H3. The first kappa shape index (κ1) is 25.1. The third kappa shape index (κ3) is 7.77. The Hall–Kier alpha value is -2.55. The summed E-state index contributed by atoms with van der Waals surface area (Å²) >= 11 is 0. The molecule has 0 amide bonds. The largest absolute Gasteiger partial charge is 0.494 e. The fourth-order valence-corrected chi connectivity index (χ4v) is 4.44.